The van der Waals surface area contributed by atoms with Crippen LogP contribution in [0, 0.1) is 0 Å². The third-order valence-electron chi connectivity index (χ3n) is 13.6. The number of unbranched alkanes of at least 4 members (excludes halogenated alkanes) is 35. The number of rotatable bonds is 49. The van der Waals surface area contributed by atoms with Gasteiger partial charge in [-0.2, -0.15) is 0 Å². The molecular formula is C55H105O13P. The van der Waals surface area contributed by atoms with Gasteiger partial charge in [0.05, 0.1) is 6.61 Å². The van der Waals surface area contributed by atoms with E-state index in [-0.39, 0.29) is 12.8 Å². The molecule has 0 spiro atoms. The van der Waals surface area contributed by atoms with Crippen LogP contribution in [0.3, 0.4) is 0 Å². The zero-order valence-corrected chi connectivity index (χ0v) is 44.8. The van der Waals surface area contributed by atoms with Crippen LogP contribution in [0.2, 0.25) is 0 Å². The van der Waals surface area contributed by atoms with Crippen LogP contribution in [0.4, 0.5) is 0 Å². The lowest BCUT2D eigenvalue weighted by Gasteiger charge is -2.43. The molecule has 0 heterocycles. The Kier molecular flexibility index (Phi) is 43.0. The third-order valence-corrected chi connectivity index (χ3v) is 14.5. The number of aliphatic hydroxyl groups excluding tert-OH is 5. The van der Waals surface area contributed by atoms with Crippen molar-refractivity contribution < 1.29 is 63.1 Å². The summed E-state index contributed by atoms with van der Waals surface area (Å²) in [5.41, 5.74) is 0. The number of hydrogen-bond acceptors (Lipinski definition) is 12. The van der Waals surface area contributed by atoms with Gasteiger partial charge < -0.3 is 39.9 Å². The lowest BCUT2D eigenvalue weighted by Crippen LogP contribution is -2.65. The van der Waals surface area contributed by atoms with E-state index in [0.717, 1.165) is 44.9 Å². The van der Waals surface area contributed by atoms with Crippen molar-refractivity contribution in [3.05, 3.63) is 12.2 Å². The molecule has 1 fully saturated rings. The zero-order chi connectivity index (χ0) is 50.6. The van der Waals surface area contributed by atoms with Crippen molar-refractivity contribution in [2.24, 2.45) is 0 Å². The first kappa shape index (κ1) is 65.6. The number of phosphoric acid groups is 1. The van der Waals surface area contributed by atoms with E-state index in [1.165, 1.54) is 186 Å². The summed E-state index contributed by atoms with van der Waals surface area (Å²) in [7, 11) is -5.12. The average molecular weight is 1010 g/mol. The first-order valence-electron chi connectivity index (χ1n) is 28.5. The monoisotopic (exact) mass is 1000 g/mol. The zero-order valence-electron chi connectivity index (χ0n) is 43.9. The SMILES string of the molecule is CCCCCCCC/C=C\CCCCCCCCCCCCCCCCCCCC(=O)OC[C@H](O)COP(=O)(O)O[C@@H]1C(OC(=O)CCCCCCCCCCCCCCC)C(O)[C@@H](O)[C@@H](O)C1O. The maximum Gasteiger partial charge on any atom is 0.472 e. The molecule has 1 aliphatic rings. The lowest BCUT2D eigenvalue weighted by atomic mass is 9.85. The highest BCUT2D eigenvalue weighted by Gasteiger charge is 2.53. The normalized spacial score (nSPS) is 20.9. The fraction of sp³-hybridized carbons (Fsp3) is 0.927. The highest BCUT2D eigenvalue weighted by atomic mass is 31.2. The molecule has 13 nitrogen and oxygen atoms in total. The van der Waals surface area contributed by atoms with Crippen molar-refractivity contribution in [3.63, 3.8) is 0 Å². The number of hydrogen-bond donors (Lipinski definition) is 6. The van der Waals surface area contributed by atoms with Crippen LogP contribution >= 0.6 is 7.82 Å². The van der Waals surface area contributed by atoms with Gasteiger partial charge >= 0.3 is 19.8 Å². The smallest absolute Gasteiger partial charge is 0.463 e. The summed E-state index contributed by atoms with van der Waals surface area (Å²) in [6, 6.07) is 0. The molecule has 0 aromatic rings. The van der Waals surface area contributed by atoms with Crippen molar-refractivity contribution in [2.45, 2.75) is 313 Å². The van der Waals surface area contributed by atoms with Gasteiger partial charge in [0.25, 0.3) is 0 Å². The number of ether oxygens (including phenoxy) is 2. The second kappa shape index (κ2) is 45.2. The molecule has 4 unspecified atom stereocenters. The average Bonchev–Trinajstić information content (AvgIpc) is 3.33. The molecular weight excluding hydrogens is 900 g/mol. The molecule has 0 aliphatic heterocycles. The molecule has 14 heteroatoms. The lowest BCUT2D eigenvalue weighted by molar-refractivity contribution is -0.231. The summed E-state index contributed by atoms with van der Waals surface area (Å²) in [5.74, 6) is -1.28. The number of carbonyl (C=O) groups is 2. The van der Waals surface area contributed by atoms with Crippen LogP contribution < -0.4 is 0 Å². The predicted molar refractivity (Wildman–Crippen MR) is 277 cm³/mol. The Morgan fingerprint density at radius 1 is 0.449 bits per heavy atom. The molecule has 408 valence electrons. The van der Waals surface area contributed by atoms with Gasteiger partial charge in [0.2, 0.25) is 0 Å². The fourth-order valence-electron chi connectivity index (χ4n) is 9.07. The molecule has 0 amide bonds. The predicted octanol–water partition coefficient (Wildman–Crippen LogP) is 13.0. The van der Waals surface area contributed by atoms with Crippen LogP contribution in [0.15, 0.2) is 12.2 Å². The van der Waals surface area contributed by atoms with Gasteiger partial charge in [-0.15, -0.1) is 0 Å². The number of esters is 2. The molecule has 6 N–H and O–H groups in total. The van der Waals surface area contributed by atoms with Gasteiger partial charge in [-0.1, -0.05) is 231 Å². The molecule has 69 heavy (non-hydrogen) atoms. The van der Waals surface area contributed by atoms with Crippen LogP contribution in [-0.4, -0.2) is 98.3 Å². The Labute approximate surface area is 420 Å². The van der Waals surface area contributed by atoms with Gasteiger partial charge in [-0.05, 0) is 38.5 Å². The summed E-state index contributed by atoms with van der Waals surface area (Å²) in [4.78, 5) is 35.4. The Morgan fingerprint density at radius 3 is 1.14 bits per heavy atom. The second-order valence-electron chi connectivity index (χ2n) is 20.2. The van der Waals surface area contributed by atoms with Gasteiger partial charge in [0.15, 0.2) is 6.10 Å². The maximum absolute atomic E-state index is 12.9. The van der Waals surface area contributed by atoms with Gasteiger partial charge in [0, 0.05) is 12.8 Å². The maximum atomic E-state index is 12.9. The van der Waals surface area contributed by atoms with E-state index in [4.69, 9.17) is 18.5 Å². The Balaban J connectivity index is 2.11. The van der Waals surface area contributed by atoms with E-state index in [1.807, 2.05) is 0 Å². The minimum absolute atomic E-state index is 0.0283. The summed E-state index contributed by atoms with van der Waals surface area (Å²) < 4.78 is 33.2. The Hall–Kier alpha value is -1.41. The fourth-order valence-corrected chi connectivity index (χ4v) is 10.0. The highest BCUT2D eigenvalue weighted by molar-refractivity contribution is 7.47. The topological polar surface area (TPSA) is 210 Å². The molecule has 0 aromatic heterocycles. The summed E-state index contributed by atoms with van der Waals surface area (Å²) >= 11 is 0. The number of phosphoric ester groups is 1. The molecule has 0 bridgehead atoms. The van der Waals surface area contributed by atoms with E-state index in [1.54, 1.807) is 0 Å². The minimum atomic E-state index is -5.12. The summed E-state index contributed by atoms with van der Waals surface area (Å²) in [6.45, 7) is 3.20. The Morgan fingerprint density at radius 2 is 0.768 bits per heavy atom. The van der Waals surface area contributed by atoms with Crippen molar-refractivity contribution in [3.8, 4) is 0 Å². The van der Waals surface area contributed by atoms with Crippen LogP contribution in [0.1, 0.15) is 271 Å². The Bertz CT molecular complexity index is 1270. The summed E-state index contributed by atoms with van der Waals surface area (Å²) in [5, 5.41) is 52.0. The van der Waals surface area contributed by atoms with E-state index < -0.39 is 75.7 Å². The van der Waals surface area contributed by atoms with E-state index in [2.05, 4.69) is 26.0 Å². The van der Waals surface area contributed by atoms with Crippen molar-refractivity contribution in [1.29, 1.82) is 0 Å². The number of carbonyl (C=O) groups excluding carboxylic acids is 2. The number of aliphatic hydroxyl groups is 5. The minimum Gasteiger partial charge on any atom is -0.463 e. The second-order valence-corrected chi connectivity index (χ2v) is 21.6. The van der Waals surface area contributed by atoms with Gasteiger partial charge in [-0.3, -0.25) is 18.6 Å². The van der Waals surface area contributed by atoms with E-state index >= 15 is 0 Å². The van der Waals surface area contributed by atoms with Crippen LogP contribution in [0.5, 0.6) is 0 Å². The molecule has 0 radical (unpaired) electrons. The summed E-state index contributed by atoms with van der Waals surface area (Å²) in [6.07, 6.45) is 38.1. The molecule has 1 saturated carbocycles. The highest BCUT2D eigenvalue weighted by Crippen LogP contribution is 2.47. The molecule has 0 aromatic carbocycles. The number of allylic oxidation sites excluding steroid dienone is 2. The molecule has 8 atom stereocenters. The quantitative estimate of drug-likeness (QED) is 0.0145. The van der Waals surface area contributed by atoms with E-state index in [9.17, 15) is 44.6 Å². The molecule has 0 saturated heterocycles. The van der Waals surface area contributed by atoms with Gasteiger partial charge in [0.1, 0.15) is 43.2 Å². The first-order valence-corrected chi connectivity index (χ1v) is 30.0. The van der Waals surface area contributed by atoms with Crippen LogP contribution in [0.25, 0.3) is 0 Å². The third kappa shape index (κ3) is 37.1. The van der Waals surface area contributed by atoms with Crippen molar-refractivity contribution >= 4 is 19.8 Å². The standard InChI is InChI=1S/C55H105O13P/c1-3-5-7-9-11-13-15-17-18-19-20-21-22-23-24-25-26-27-28-29-30-32-33-35-37-39-41-43-48(57)65-45-47(56)46-66-69(63,64)68-55-53(62)51(60)50(59)52(61)54(55)67-49(58)44-42-40-38-36-34-31-16-14-12-10-8-6-4-2/h17-18,47,50-56,59-62H,3-16,19-46H2,1-2H3,(H,63,64)/b18-17-/t47-,50-,51+,52?,53?,54?,55-/m0/s1. The molecule has 1 aliphatic carbocycles. The molecule has 1 rings (SSSR count). The van der Waals surface area contributed by atoms with E-state index in [0.29, 0.717) is 12.8 Å². The first-order chi connectivity index (χ1) is 33.4. The van der Waals surface area contributed by atoms with Crippen molar-refractivity contribution in [2.75, 3.05) is 13.2 Å². The largest absolute Gasteiger partial charge is 0.472 e. The van der Waals surface area contributed by atoms with Crippen molar-refractivity contribution in [1.82, 2.24) is 0 Å². The van der Waals surface area contributed by atoms with Gasteiger partial charge in [-0.25, -0.2) is 4.57 Å². The van der Waals surface area contributed by atoms with Crippen LogP contribution in [-0.2, 0) is 32.7 Å².